The summed E-state index contributed by atoms with van der Waals surface area (Å²) in [4.78, 5) is 23.5. The molecule has 0 radical (unpaired) electrons. The number of ether oxygens (including phenoxy) is 1. The van der Waals surface area contributed by atoms with Crippen LogP contribution in [0.3, 0.4) is 0 Å². The third-order valence-electron chi connectivity index (χ3n) is 2.05. The molecule has 0 unspecified atom stereocenters. The molecule has 0 atom stereocenters. The maximum Gasteiger partial charge on any atom is 0.314 e. The molecular formula is C13H14BrClO4. The molecule has 0 spiro atoms. The van der Waals surface area contributed by atoms with Crippen LogP contribution in [0.2, 0.25) is 5.02 Å². The Morgan fingerprint density at radius 2 is 1.95 bits per heavy atom. The van der Waals surface area contributed by atoms with Crippen LogP contribution in [-0.2, 0) is 9.53 Å². The second-order valence-corrected chi connectivity index (χ2v) is 6.26. The van der Waals surface area contributed by atoms with Gasteiger partial charge in [0, 0.05) is 5.02 Å². The molecule has 1 aromatic carbocycles. The van der Waals surface area contributed by atoms with Crippen molar-refractivity contribution in [2.45, 2.75) is 32.8 Å². The van der Waals surface area contributed by atoms with E-state index < -0.39 is 23.8 Å². The highest BCUT2D eigenvalue weighted by Crippen LogP contribution is 2.32. The van der Waals surface area contributed by atoms with E-state index in [2.05, 4.69) is 15.9 Å². The predicted molar refractivity (Wildman–Crippen MR) is 75.6 cm³/mol. The van der Waals surface area contributed by atoms with Gasteiger partial charge in [-0.1, -0.05) is 11.6 Å². The second kappa shape index (κ2) is 5.92. The number of aromatic hydroxyl groups is 1. The molecule has 6 heteroatoms. The summed E-state index contributed by atoms with van der Waals surface area (Å²) in [7, 11) is 0. The van der Waals surface area contributed by atoms with Crippen LogP contribution in [0.1, 0.15) is 37.6 Å². The molecular weight excluding hydrogens is 335 g/mol. The molecule has 1 rings (SSSR count). The first-order valence-corrected chi connectivity index (χ1v) is 6.70. The van der Waals surface area contributed by atoms with E-state index in [9.17, 15) is 14.7 Å². The van der Waals surface area contributed by atoms with Crippen LogP contribution in [0, 0.1) is 0 Å². The summed E-state index contributed by atoms with van der Waals surface area (Å²) < 4.78 is 5.34. The summed E-state index contributed by atoms with van der Waals surface area (Å²) >= 11 is 8.88. The van der Waals surface area contributed by atoms with Gasteiger partial charge >= 0.3 is 5.97 Å². The normalized spacial score (nSPS) is 11.2. The molecule has 0 aliphatic carbocycles. The van der Waals surface area contributed by atoms with Gasteiger partial charge in [-0.3, -0.25) is 9.59 Å². The van der Waals surface area contributed by atoms with E-state index in [1.807, 2.05) is 0 Å². The SMILES string of the molecule is CC(C)(C)OC(=O)CC(=O)c1cc(Cl)cc(Br)c1O. The lowest BCUT2D eigenvalue weighted by molar-refractivity contribution is -0.153. The van der Waals surface area contributed by atoms with Crippen molar-refractivity contribution in [2.75, 3.05) is 0 Å². The highest BCUT2D eigenvalue weighted by atomic mass is 79.9. The van der Waals surface area contributed by atoms with E-state index in [1.54, 1.807) is 20.8 Å². The predicted octanol–water partition coefficient (Wildman–Crippen LogP) is 3.72. The van der Waals surface area contributed by atoms with Crippen molar-refractivity contribution in [1.82, 2.24) is 0 Å². The fourth-order valence-electron chi connectivity index (χ4n) is 1.38. The van der Waals surface area contributed by atoms with Crippen molar-refractivity contribution in [1.29, 1.82) is 0 Å². The maximum absolute atomic E-state index is 11.9. The van der Waals surface area contributed by atoms with E-state index in [4.69, 9.17) is 16.3 Å². The molecule has 19 heavy (non-hydrogen) atoms. The van der Waals surface area contributed by atoms with Crippen molar-refractivity contribution in [2.24, 2.45) is 0 Å². The highest BCUT2D eigenvalue weighted by molar-refractivity contribution is 9.10. The van der Waals surface area contributed by atoms with Gasteiger partial charge in [0.25, 0.3) is 0 Å². The monoisotopic (exact) mass is 348 g/mol. The number of rotatable bonds is 3. The summed E-state index contributed by atoms with van der Waals surface area (Å²) in [5, 5.41) is 10.0. The molecule has 0 fully saturated rings. The molecule has 0 aliphatic rings. The van der Waals surface area contributed by atoms with Gasteiger partial charge in [-0.05, 0) is 48.8 Å². The largest absolute Gasteiger partial charge is 0.506 e. The number of carbonyl (C=O) groups excluding carboxylic acids is 2. The van der Waals surface area contributed by atoms with Crippen molar-refractivity contribution >= 4 is 39.3 Å². The molecule has 0 aliphatic heterocycles. The summed E-state index contributed by atoms with van der Waals surface area (Å²) in [6.07, 6.45) is -0.447. The number of hydrogen-bond donors (Lipinski definition) is 1. The average Bonchev–Trinajstić information content (AvgIpc) is 2.20. The fraction of sp³-hybridized carbons (Fsp3) is 0.385. The van der Waals surface area contributed by atoms with Crippen LogP contribution in [0.5, 0.6) is 5.75 Å². The lowest BCUT2D eigenvalue weighted by Crippen LogP contribution is -2.25. The number of phenols is 1. The van der Waals surface area contributed by atoms with Crippen LogP contribution < -0.4 is 0 Å². The molecule has 0 bridgehead atoms. The molecule has 0 saturated heterocycles. The van der Waals surface area contributed by atoms with Crippen LogP contribution in [0.4, 0.5) is 0 Å². The maximum atomic E-state index is 11.9. The number of halogens is 2. The van der Waals surface area contributed by atoms with Crippen molar-refractivity contribution in [3.8, 4) is 5.75 Å². The first-order valence-electron chi connectivity index (χ1n) is 5.53. The van der Waals surface area contributed by atoms with Crippen LogP contribution >= 0.6 is 27.5 Å². The molecule has 104 valence electrons. The van der Waals surface area contributed by atoms with Crippen LogP contribution in [0.15, 0.2) is 16.6 Å². The van der Waals surface area contributed by atoms with E-state index in [0.29, 0.717) is 4.47 Å². The summed E-state index contributed by atoms with van der Waals surface area (Å²) in [6.45, 7) is 5.13. The van der Waals surface area contributed by atoms with Gasteiger partial charge in [0.1, 0.15) is 17.8 Å². The first-order chi connectivity index (χ1) is 8.60. The molecule has 0 heterocycles. The quantitative estimate of drug-likeness (QED) is 0.513. The van der Waals surface area contributed by atoms with Gasteiger partial charge in [-0.2, -0.15) is 0 Å². The number of ketones is 1. The topological polar surface area (TPSA) is 63.6 Å². The smallest absolute Gasteiger partial charge is 0.314 e. The Kier molecular flexibility index (Phi) is 4.98. The average molecular weight is 350 g/mol. The minimum atomic E-state index is -0.658. The third-order valence-corrected chi connectivity index (χ3v) is 2.88. The van der Waals surface area contributed by atoms with E-state index in [0.717, 1.165) is 0 Å². The van der Waals surface area contributed by atoms with Crippen LogP contribution in [-0.4, -0.2) is 22.5 Å². The van der Waals surface area contributed by atoms with E-state index in [1.165, 1.54) is 12.1 Å². The first kappa shape index (κ1) is 16.0. The summed E-state index contributed by atoms with van der Waals surface area (Å²) in [5.41, 5.74) is -0.667. The van der Waals surface area contributed by atoms with Crippen molar-refractivity contribution < 1.29 is 19.4 Å². The van der Waals surface area contributed by atoms with E-state index >= 15 is 0 Å². The zero-order valence-corrected chi connectivity index (χ0v) is 13.1. The number of Topliss-reactive ketones (excluding diaryl/α,β-unsaturated/α-hetero) is 1. The number of phenolic OH excluding ortho intramolecular Hbond substituents is 1. The third kappa shape index (κ3) is 4.84. The number of benzene rings is 1. The second-order valence-electron chi connectivity index (χ2n) is 4.97. The number of esters is 1. The fourth-order valence-corrected chi connectivity index (χ4v) is 2.19. The zero-order chi connectivity index (χ0) is 14.8. The van der Waals surface area contributed by atoms with Crippen molar-refractivity contribution in [3.05, 3.63) is 27.2 Å². The molecule has 0 aromatic heterocycles. The number of hydrogen-bond acceptors (Lipinski definition) is 4. The number of carbonyl (C=O) groups is 2. The standard InChI is InChI=1S/C13H14BrClO4/c1-13(2,3)19-11(17)6-10(16)8-4-7(15)5-9(14)12(8)18/h4-5,18H,6H2,1-3H3. The lowest BCUT2D eigenvalue weighted by atomic mass is 10.1. The molecule has 0 amide bonds. The molecule has 4 nitrogen and oxygen atoms in total. The molecule has 1 N–H and O–H groups in total. The summed E-state index contributed by atoms with van der Waals surface area (Å²) in [6, 6.07) is 2.77. The Morgan fingerprint density at radius 1 is 1.37 bits per heavy atom. The Labute approximate surface area is 124 Å². The minimum absolute atomic E-state index is 0.00904. The van der Waals surface area contributed by atoms with Crippen LogP contribution in [0.25, 0.3) is 0 Å². The van der Waals surface area contributed by atoms with Gasteiger partial charge < -0.3 is 9.84 Å². The lowest BCUT2D eigenvalue weighted by Gasteiger charge is -2.19. The Morgan fingerprint density at radius 3 is 2.47 bits per heavy atom. The van der Waals surface area contributed by atoms with Gasteiger partial charge in [0.2, 0.25) is 0 Å². The minimum Gasteiger partial charge on any atom is -0.506 e. The molecule has 0 saturated carbocycles. The summed E-state index contributed by atoms with van der Waals surface area (Å²) in [5.74, 6) is -1.43. The van der Waals surface area contributed by atoms with Gasteiger partial charge in [0.15, 0.2) is 5.78 Å². The Balaban J connectivity index is 2.88. The Hall–Kier alpha value is -1.07. The Bertz CT molecular complexity index is 520. The zero-order valence-electron chi connectivity index (χ0n) is 10.8. The van der Waals surface area contributed by atoms with Gasteiger partial charge in [-0.25, -0.2) is 0 Å². The van der Waals surface area contributed by atoms with E-state index in [-0.39, 0.29) is 16.3 Å². The molecule has 1 aromatic rings. The van der Waals surface area contributed by atoms with Gasteiger partial charge in [-0.15, -0.1) is 0 Å². The van der Waals surface area contributed by atoms with Gasteiger partial charge in [0.05, 0.1) is 10.0 Å². The van der Waals surface area contributed by atoms with Crippen molar-refractivity contribution in [3.63, 3.8) is 0 Å². The highest BCUT2D eigenvalue weighted by Gasteiger charge is 2.22.